The molecule has 2 aliphatic rings. The molecule has 1 spiro atoms. The van der Waals surface area contributed by atoms with Crippen molar-refractivity contribution < 1.29 is 23.2 Å². The number of hydrogen-bond donors (Lipinski definition) is 0. The van der Waals surface area contributed by atoms with Crippen LogP contribution in [0.25, 0.3) is 11.3 Å². The van der Waals surface area contributed by atoms with Gasteiger partial charge in [0.15, 0.2) is 0 Å². The molecular weight excluding hydrogens is 568 g/mol. The molecule has 10 heteroatoms. The highest BCUT2D eigenvalue weighted by molar-refractivity contribution is 6.31. The van der Waals surface area contributed by atoms with Crippen LogP contribution in [0.4, 0.5) is 10.1 Å². The Labute approximate surface area is 246 Å². The highest BCUT2D eigenvalue weighted by Gasteiger charge is 2.51. The van der Waals surface area contributed by atoms with Crippen molar-refractivity contribution >= 4 is 40.7 Å². The summed E-state index contributed by atoms with van der Waals surface area (Å²) in [6.45, 7) is 1.02. The average Bonchev–Trinajstić information content (AvgIpc) is 3.46. The van der Waals surface area contributed by atoms with E-state index >= 15 is 0 Å². The molecule has 0 saturated carbocycles. The van der Waals surface area contributed by atoms with Crippen LogP contribution >= 0.6 is 23.2 Å². The van der Waals surface area contributed by atoms with Gasteiger partial charge in [-0.2, -0.15) is 0 Å². The van der Waals surface area contributed by atoms with Crippen molar-refractivity contribution in [1.29, 1.82) is 0 Å². The Balaban J connectivity index is 1.28. The Kier molecular flexibility index (Phi) is 7.45. The second-order valence-corrected chi connectivity index (χ2v) is 11.4. The third kappa shape index (κ3) is 5.67. The van der Waals surface area contributed by atoms with E-state index in [4.69, 9.17) is 32.5 Å². The number of piperidine rings is 2. The van der Waals surface area contributed by atoms with Crippen molar-refractivity contribution in [2.24, 2.45) is 5.41 Å². The maximum atomic E-state index is 14.2. The van der Waals surface area contributed by atoms with Gasteiger partial charge in [0.2, 0.25) is 11.7 Å². The fraction of sp³-hybridized carbons (Fsp3) is 0.258. The van der Waals surface area contributed by atoms with Crippen LogP contribution < -0.4 is 9.64 Å². The molecule has 2 amide bonds. The van der Waals surface area contributed by atoms with Crippen molar-refractivity contribution in [1.82, 2.24) is 10.1 Å². The number of nitrogens with zero attached hydrogens (tertiary/aromatic N) is 3. The number of benzene rings is 3. The van der Waals surface area contributed by atoms with Crippen molar-refractivity contribution in [3.05, 3.63) is 100 Å². The molecule has 6 rings (SSSR count). The predicted octanol–water partition coefficient (Wildman–Crippen LogP) is 6.89. The minimum absolute atomic E-state index is 0.0610. The molecule has 2 aliphatic heterocycles. The minimum atomic E-state index is -0.866. The van der Waals surface area contributed by atoms with Gasteiger partial charge in [0.1, 0.15) is 23.4 Å². The SMILES string of the molecule is O=C(c1cc(-c2ccc(F)cc2)no1)N1CCC[C@@]2(C[C@@H](Oc3cccc(Cl)c3)CN(c3ccc(Cl)cc3)C2=O)C1. The lowest BCUT2D eigenvalue weighted by atomic mass is 9.71. The van der Waals surface area contributed by atoms with E-state index in [0.717, 1.165) is 0 Å². The molecule has 210 valence electrons. The lowest BCUT2D eigenvalue weighted by Gasteiger charge is -2.49. The van der Waals surface area contributed by atoms with E-state index in [2.05, 4.69) is 5.16 Å². The minimum Gasteiger partial charge on any atom is -0.488 e. The van der Waals surface area contributed by atoms with E-state index in [9.17, 15) is 14.0 Å². The van der Waals surface area contributed by atoms with Crippen LogP contribution in [0.15, 0.2) is 83.4 Å². The molecule has 41 heavy (non-hydrogen) atoms. The molecule has 0 bridgehead atoms. The number of carbonyl (C=O) groups is 2. The summed E-state index contributed by atoms with van der Waals surface area (Å²) in [5, 5.41) is 5.14. The summed E-state index contributed by atoms with van der Waals surface area (Å²) >= 11 is 12.3. The van der Waals surface area contributed by atoms with Crippen LogP contribution in [0.2, 0.25) is 10.0 Å². The van der Waals surface area contributed by atoms with Crippen LogP contribution in [0.5, 0.6) is 5.75 Å². The normalized spacial score (nSPS) is 20.9. The molecule has 2 fully saturated rings. The molecule has 1 aromatic heterocycles. The van der Waals surface area contributed by atoms with Crippen molar-refractivity contribution in [2.45, 2.75) is 25.4 Å². The first kappa shape index (κ1) is 27.3. The van der Waals surface area contributed by atoms with Crippen molar-refractivity contribution in [3.63, 3.8) is 0 Å². The van der Waals surface area contributed by atoms with Gasteiger partial charge in [-0.25, -0.2) is 4.39 Å². The molecular formula is C31H26Cl2FN3O4. The highest BCUT2D eigenvalue weighted by Crippen LogP contribution is 2.43. The summed E-state index contributed by atoms with van der Waals surface area (Å²) in [5.74, 6) is -0.108. The van der Waals surface area contributed by atoms with Gasteiger partial charge < -0.3 is 19.1 Å². The summed E-state index contributed by atoms with van der Waals surface area (Å²) in [5.41, 5.74) is 0.902. The Morgan fingerprint density at radius 1 is 1.02 bits per heavy atom. The first-order chi connectivity index (χ1) is 19.8. The van der Waals surface area contributed by atoms with E-state index in [-0.39, 0.29) is 36.0 Å². The van der Waals surface area contributed by atoms with Gasteiger partial charge in [-0.05, 0) is 79.6 Å². The molecule has 0 radical (unpaired) electrons. The summed E-state index contributed by atoms with van der Waals surface area (Å²) in [4.78, 5) is 31.1. The number of rotatable bonds is 5. The lowest BCUT2D eigenvalue weighted by molar-refractivity contribution is -0.136. The summed E-state index contributed by atoms with van der Waals surface area (Å²) in [7, 11) is 0. The predicted molar refractivity (Wildman–Crippen MR) is 154 cm³/mol. The molecule has 7 nitrogen and oxygen atoms in total. The molecule has 3 aromatic carbocycles. The fourth-order valence-corrected chi connectivity index (χ4v) is 6.06. The molecule has 0 N–H and O–H groups in total. The van der Waals surface area contributed by atoms with E-state index in [1.165, 1.54) is 12.1 Å². The Morgan fingerprint density at radius 3 is 2.56 bits per heavy atom. The average molecular weight is 594 g/mol. The maximum absolute atomic E-state index is 14.2. The molecule has 0 unspecified atom stereocenters. The Morgan fingerprint density at radius 2 is 1.80 bits per heavy atom. The zero-order valence-corrected chi connectivity index (χ0v) is 23.4. The van der Waals surface area contributed by atoms with Gasteiger partial charge in [-0.3, -0.25) is 9.59 Å². The van der Waals surface area contributed by atoms with Gasteiger partial charge in [0.05, 0.1) is 12.0 Å². The standard InChI is InChI=1S/C31H26Cl2FN3O4/c32-21-7-11-24(12-8-21)37-18-26(40-25-4-1-3-22(33)15-25)17-31(30(37)39)13-2-14-36(19-31)29(38)28-16-27(35-41-28)20-5-9-23(34)10-6-20/h1,3-12,15-16,26H,2,13-14,17-19H2/t26-,31-/m1/s1. The van der Waals surface area contributed by atoms with Crippen molar-refractivity contribution in [2.75, 3.05) is 24.5 Å². The second-order valence-electron chi connectivity index (χ2n) is 10.5. The smallest absolute Gasteiger partial charge is 0.292 e. The molecule has 0 aliphatic carbocycles. The van der Waals surface area contributed by atoms with Crippen LogP contribution in [0, 0.1) is 11.2 Å². The number of aromatic nitrogens is 1. The number of likely N-dealkylation sites (tertiary alicyclic amines) is 1. The van der Waals surface area contributed by atoms with Crippen molar-refractivity contribution in [3.8, 4) is 17.0 Å². The zero-order valence-electron chi connectivity index (χ0n) is 21.9. The number of ether oxygens (including phenoxy) is 1. The Bertz CT molecular complexity index is 1580. The molecule has 4 aromatic rings. The lowest BCUT2D eigenvalue weighted by Crippen LogP contribution is -2.61. The number of hydrogen-bond acceptors (Lipinski definition) is 5. The van der Waals surface area contributed by atoms with Gasteiger partial charge in [-0.15, -0.1) is 0 Å². The first-order valence-corrected chi connectivity index (χ1v) is 14.1. The largest absolute Gasteiger partial charge is 0.488 e. The Hall–Kier alpha value is -3.88. The van der Waals surface area contributed by atoms with Crippen LogP contribution in [0.3, 0.4) is 0 Å². The molecule has 2 atom stereocenters. The second kappa shape index (κ2) is 11.2. The molecule has 2 saturated heterocycles. The maximum Gasteiger partial charge on any atom is 0.292 e. The zero-order chi connectivity index (χ0) is 28.6. The summed E-state index contributed by atoms with van der Waals surface area (Å²) in [6, 6.07) is 21.6. The monoisotopic (exact) mass is 593 g/mol. The van der Waals surface area contributed by atoms with Gasteiger partial charge >= 0.3 is 0 Å². The van der Waals surface area contributed by atoms with E-state index < -0.39 is 5.41 Å². The molecule has 3 heterocycles. The highest BCUT2D eigenvalue weighted by atomic mass is 35.5. The number of halogens is 3. The quantitative estimate of drug-likeness (QED) is 0.252. The van der Waals surface area contributed by atoms with Crippen LogP contribution in [0.1, 0.15) is 29.8 Å². The van der Waals surface area contributed by atoms with Gasteiger partial charge in [0.25, 0.3) is 5.91 Å². The van der Waals surface area contributed by atoms with E-state index in [1.807, 2.05) is 24.3 Å². The third-order valence-electron chi connectivity index (χ3n) is 7.67. The summed E-state index contributed by atoms with van der Waals surface area (Å²) in [6.07, 6.45) is 1.33. The van der Waals surface area contributed by atoms with E-state index in [0.29, 0.717) is 65.1 Å². The van der Waals surface area contributed by atoms with E-state index in [1.54, 1.807) is 52.3 Å². The topological polar surface area (TPSA) is 75.9 Å². The summed E-state index contributed by atoms with van der Waals surface area (Å²) < 4.78 is 25.1. The number of anilines is 1. The van der Waals surface area contributed by atoms with Gasteiger partial charge in [-0.1, -0.05) is 34.4 Å². The van der Waals surface area contributed by atoms with Crippen LogP contribution in [-0.4, -0.2) is 47.6 Å². The number of amides is 2. The van der Waals surface area contributed by atoms with Gasteiger partial charge in [0, 0.05) is 46.9 Å². The number of carbonyl (C=O) groups excluding carboxylic acids is 2. The fourth-order valence-electron chi connectivity index (χ4n) is 5.75. The van der Waals surface area contributed by atoms with Crippen LogP contribution in [-0.2, 0) is 4.79 Å². The first-order valence-electron chi connectivity index (χ1n) is 13.3. The third-order valence-corrected chi connectivity index (χ3v) is 8.15.